The first-order chi connectivity index (χ1) is 7.98. The summed E-state index contributed by atoms with van der Waals surface area (Å²) in [4.78, 5) is 0. The first-order valence-corrected chi connectivity index (χ1v) is 6.75. The van der Waals surface area contributed by atoms with Gasteiger partial charge in [0.15, 0.2) is 0 Å². The fourth-order valence-electron chi connectivity index (χ4n) is 3.03. The van der Waals surface area contributed by atoms with Crippen LogP contribution < -0.4 is 5.73 Å². The van der Waals surface area contributed by atoms with E-state index < -0.39 is 0 Å². The molecule has 1 aromatic heterocycles. The average Bonchev–Trinajstić information content (AvgIpc) is 2.63. The van der Waals surface area contributed by atoms with Crippen LogP contribution in [0.25, 0.3) is 0 Å². The summed E-state index contributed by atoms with van der Waals surface area (Å²) in [7, 11) is 1.96. The van der Waals surface area contributed by atoms with E-state index in [-0.39, 0.29) is 5.54 Å². The molecule has 0 saturated heterocycles. The highest BCUT2D eigenvalue weighted by molar-refractivity contribution is 5.10. The minimum absolute atomic E-state index is 0.00836. The van der Waals surface area contributed by atoms with E-state index in [1.165, 1.54) is 18.4 Å². The van der Waals surface area contributed by atoms with Crippen LogP contribution in [0.5, 0.6) is 0 Å². The molecule has 17 heavy (non-hydrogen) atoms. The van der Waals surface area contributed by atoms with Crippen molar-refractivity contribution in [3.05, 3.63) is 18.0 Å². The zero-order valence-corrected chi connectivity index (χ0v) is 11.3. The molecule has 0 bridgehead atoms. The summed E-state index contributed by atoms with van der Waals surface area (Å²) >= 11 is 0. The van der Waals surface area contributed by atoms with Gasteiger partial charge in [0.25, 0.3) is 0 Å². The molecule has 3 nitrogen and oxygen atoms in total. The molecule has 0 spiro atoms. The number of hydrogen-bond acceptors (Lipinski definition) is 2. The molecule has 0 unspecified atom stereocenters. The van der Waals surface area contributed by atoms with Crippen molar-refractivity contribution >= 4 is 0 Å². The molecule has 1 aromatic rings. The highest BCUT2D eigenvalue weighted by atomic mass is 15.2. The Morgan fingerprint density at radius 3 is 2.59 bits per heavy atom. The molecule has 1 saturated carbocycles. The number of rotatable bonds is 3. The number of hydrogen-bond donors (Lipinski definition) is 1. The van der Waals surface area contributed by atoms with Crippen molar-refractivity contribution in [1.29, 1.82) is 0 Å². The Labute approximate surface area is 104 Å². The molecule has 0 atom stereocenters. The molecule has 3 heteroatoms. The monoisotopic (exact) mass is 235 g/mol. The quantitative estimate of drug-likeness (QED) is 0.875. The second-order valence-corrected chi connectivity index (χ2v) is 6.14. The molecule has 2 N–H and O–H groups in total. The number of nitrogens with zero attached hydrogens (tertiary/aromatic N) is 2. The summed E-state index contributed by atoms with van der Waals surface area (Å²) in [6, 6.07) is 0. The molecule has 1 fully saturated rings. The number of aromatic nitrogens is 2. The lowest BCUT2D eigenvalue weighted by atomic mass is 9.71. The molecule has 0 aromatic carbocycles. The highest BCUT2D eigenvalue weighted by Gasteiger charge is 2.32. The van der Waals surface area contributed by atoms with Crippen molar-refractivity contribution in [2.75, 3.05) is 0 Å². The molecule has 2 rings (SSSR count). The van der Waals surface area contributed by atoms with Crippen LogP contribution in [-0.4, -0.2) is 15.3 Å². The van der Waals surface area contributed by atoms with Crippen molar-refractivity contribution < 1.29 is 0 Å². The van der Waals surface area contributed by atoms with Gasteiger partial charge >= 0.3 is 0 Å². The molecule has 1 aliphatic rings. The van der Waals surface area contributed by atoms with Gasteiger partial charge in [-0.2, -0.15) is 5.10 Å². The predicted molar refractivity (Wildman–Crippen MR) is 70.6 cm³/mol. The molecule has 0 amide bonds. The van der Waals surface area contributed by atoms with Crippen LogP contribution in [0, 0.1) is 11.8 Å². The van der Waals surface area contributed by atoms with Crippen LogP contribution in [0.1, 0.15) is 45.1 Å². The fourth-order valence-corrected chi connectivity index (χ4v) is 3.03. The first kappa shape index (κ1) is 12.6. The van der Waals surface area contributed by atoms with Crippen molar-refractivity contribution in [3.63, 3.8) is 0 Å². The lowest BCUT2D eigenvalue weighted by Gasteiger charge is -2.38. The summed E-state index contributed by atoms with van der Waals surface area (Å²) in [6.45, 7) is 4.66. The van der Waals surface area contributed by atoms with Crippen LogP contribution in [0.3, 0.4) is 0 Å². The molecule has 0 aliphatic heterocycles. The zero-order valence-electron chi connectivity index (χ0n) is 11.3. The summed E-state index contributed by atoms with van der Waals surface area (Å²) in [5.41, 5.74) is 7.81. The molecule has 0 radical (unpaired) electrons. The highest BCUT2D eigenvalue weighted by Crippen LogP contribution is 2.36. The third-order valence-electron chi connectivity index (χ3n) is 4.28. The Morgan fingerprint density at radius 2 is 2.12 bits per heavy atom. The minimum Gasteiger partial charge on any atom is -0.325 e. The molecule has 1 aliphatic carbocycles. The van der Waals surface area contributed by atoms with Crippen molar-refractivity contribution in [2.45, 2.75) is 51.5 Å². The summed E-state index contributed by atoms with van der Waals surface area (Å²) in [5.74, 6) is 1.68. The van der Waals surface area contributed by atoms with Crippen LogP contribution in [-0.2, 0) is 13.5 Å². The van der Waals surface area contributed by atoms with Crippen molar-refractivity contribution in [2.24, 2.45) is 24.6 Å². The van der Waals surface area contributed by atoms with Gasteiger partial charge in [-0.1, -0.05) is 13.8 Å². The Hall–Kier alpha value is -0.830. The van der Waals surface area contributed by atoms with E-state index in [4.69, 9.17) is 5.73 Å². The van der Waals surface area contributed by atoms with Crippen LogP contribution >= 0.6 is 0 Å². The predicted octanol–water partition coefficient (Wildman–Crippen LogP) is 2.51. The maximum Gasteiger partial charge on any atom is 0.0522 e. The molecule has 96 valence electrons. The first-order valence-electron chi connectivity index (χ1n) is 6.75. The maximum atomic E-state index is 6.53. The largest absolute Gasteiger partial charge is 0.325 e. The van der Waals surface area contributed by atoms with Gasteiger partial charge in [-0.3, -0.25) is 4.68 Å². The summed E-state index contributed by atoms with van der Waals surface area (Å²) in [5, 5.41) is 4.22. The van der Waals surface area contributed by atoms with Crippen molar-refractivity contribution in [3.8, 4) is 0 Å². The summed E-state index contributed by atoms with van der Waals surface area (Å²) in [6.07, 6.45) is 9.90. The van der Waals surface area contributed by atoms with Crippen molar-refractivity contribution in [1.82, 2.24) is 9.78 Å². The van der Waals surface area contributed by atoms with Gasteiger partial charge in [-0.15, -0.1) is 0 Å². The van der Waals surface area contributed by atoms with Gasteiger partial charge in [0, 0.05) is 18.8 Å². The van der Waals surface area contributed by atoms with Gasteiger partial charge in [0.05, 0.1) is 6.20 Å². The van der Waals surface area contributed by atoms with E-state index >= 15 is 0 Å². The van der Waals surface area contributed by atoms with E-state index in [0.717, 1.165) is 31.1 Å². The smallest absolute Gasteiger partial charge is 0.0522 e. The third-order valence-corrected chi connectivity index (χ3v) is 4.28. The van der Waals surface area contributed by atoms with E-state index in [0.29, 0.717) is 0 Å². The van der Waals surface area contributed by atoms with Gasteiger partial charge in [-0.25, -0.2) is 0 Å². The number of aryl methyl sites for hydroxylation is 1. The Morgan fingerprint density at radius 1 is 1.47 bits per heavy atom. The maximum absolute atomic E-state index is 6.53. The standard InChI is InChI=1S/C14H25N3/c1-11(2)13-4-6-14(15,7-5-13)8-12-9-16-17(3)10-12/h9-11,13H,4-8,15H2,1-3H3. The van der Waals surface area contributed by atoms with E-state index in [1.807, 2.05) is 17.9 Å². The Kier molecular flexibility index (Phi) is 3.57. The second kappa shape index (κ2) is 4.81. The Balaban J connectivity index is 1.93. The molecule has 1 heterocycles. The van der Waals surface area contributed by atoms with E-state index in [1.54, 1.807) is 0 Å². The van der Waals surface area contributed by atoms with Crippen LogP contribution in [0.4, 0.5) is 0 Å². The fraction of sp³-hybridized carbons (Fsp3) is 0.786. The average molecular weight is 235 g/mol. The topological polar surface area (TPSA) is 43.8 Å². The Bertz CT molecular complexity index is 359. The lowest BCUT2D eigenvalue weighted by Crippen LogP contribution is -2.45. The van der Waals surface area contributed by atoms with Gasteiger partial charge in [0.2, 0.25) is 0 Å². The van der Waals surface area contributed by atoms with Gasteiger partial charge in [0.1, 0.15) is 0 Å². The number of nitrogens with two attached hydrogens (primary N) is 1. The lowest BCUT2D eigenvalue weighted by molar-refractivity contribution is 0.194. The van der Waals surface area contributed by atoms with Crippen LogP contribution in [0.15, 0.2) is 12.4 Å². The zero-order chi connectivity index (χ0) is 12.5. The summed E-state index contributed by atoms with van der Waals surface area (Å²) < 4.78 is 1.86. The van der Waals surface area contributed by atoms with Crippen LogP contribution in [0.2, 0.25) is 0 Å². The van der Waals surface area contributed by atoms with Gasteiger partial charge in [-0.05, 0) is 49.5 Å². The third kappa shape index (κ3) is 3.09. The minimum atomic E-state index is 0.00836. The van der Waals surface area contributed by atoms with E-state index in [9.17, 15) is 0 Å². The van der Waals surface area contributed by atoms with E-state index in [2.05, 4.69) is 25.1 Å². The normalized spacial score (nSPS) is 29.8. The SMILES string of the molecule is CC(C)C1CCC(N)(Cc2cnn(C)c2)CC1. The molecular formula is C14H25N3. The molecular weight excluding hydrogens is 210 g/mol. The van der Waals surface area contributed by atoms with Gasteiger partial charge < -0.3 is 5.73 Å². The second-order valence-electron chi connectivity index (χ2n) is 6.14.